The van der Waals surface area contributed by atoms with Crippen molar-refractivity contribution in [2.75, 3.05) is 26.4 Å². The van der Waals surface area contributed by atoms with Gasteiger partial charge in [-0.25, -0.2) is 0 Å². The van der Waals surface area contributed by atoms with Crippen LogP contribution in [-0.4, -0.2) is 62.7 Å². The summed E-state index contributed by atoms with van der Waals surface area (Å²) in [4.78, 5) is 25.1. The quantitative estimate of drug-likeness (QED) is 0.272. The normalized spacial score (nSPS) is 26.5. The third-order valence-corrected chi connectivity index (χ3v) is 6.97. The van der Waals surface area contributed by atoms with Gasteiger partial charge in [0.2, 0.25) is 12.6 Å². The summed E-state index contributed by atoms with van der Waals surface area (Å²) < 4.78 is 22.9. The molecule has 2 rings (SSSR count). The molecule has 0 radical (unpaired) electrons. The van der Waals surface area contributed by atoms with Gasteiger partial charge in [-0.15, -0.1) is 0 Å². The van der Waals surface area contributed by atoms with Gasteiger partial charge < -0.3 is 30.4 Å². The molecule has 2 heterocycles. The summed E-state index contributed by atoms with van der Waals surface area (Å²) in [6.07, 6.45) is 12.2. The van der Waals surface area contributed by atoms with Crippen LogP contribution in [0.25, 0.3) is 0 Å². The number of ether oxygens (including phenoxy) is 4. The average molecular weight is 499 g/mol. The van der Waals surface area contributed by atoms with E-state index in [0.717, 1.165) is 38.5 Å². The highest BCUT2D eigenvalue weighted by molar-refractivity contribution is 5.83. The Morgan fingerprint density at radius 1 is 0.657 bits per heavy atom. The van der Waals surface area contributed by atoms with Gasteiger partial charge in [0, 0.05) is 24.9 Å². The lowest BCUT2D eigenvalue weighted by atomic mass is 9.90. The number of carbonyl (C=O) groups excluding carboxylic acids is 2. The third-order valence-electron chi connectivity index (χ3n) is 6.97. The molecule has 2 atom stereocenters. The van der Waals surface area contributed by atoms with E-state index in [1.807, 2.05) is 0 Å². The molecule has 204 valence electrons. The topological polar surface area (TPSA) is 123 Å². The molecule has 4 N–H and O–H groups in total. The maximum absolute atomic E-state index is 12.5. The SMILES string of the molecule is CCCCCCCC(N)CC(=O)C1OCC2(CO1)COC(C(=O)CC(N)CCCCCCC)OC2. The van der Waals surface area contributed by atoms with Gasteiger partial charge in [0.25, 0.3) is 0 Å². The molecule has 2 saturated heterocycles. The monoisotopic (exact) mass is 498 g/mol. The molecule has 2 fully saturated rings. The summed E-state index contributed by atoms with van der Waals surface area (Å²) in [7, 11) is 0. The van der Waals surface area contributed by atoms with Crippen molar-refractivity contribution in [1.82, 2.24) is 0 Å². The van der Waals surface area contributed by atoms with E-state index in [0.29, 0.717) is 0 Å². The first-order valence-electron chi connectivity index (χ1n) is 13.9. The highest BCUT2D eigenvalue weighted by Crippen LogP contribution is 2.31. The molecule has 2 unspecified atom stereocenters. The minimum Gasteiger partial charge on any atom is -0.345 e. The van der Waals surface area contributed by atoms with Crippen molar-refractivity contribution in [3.05, 3.63) is 0 Å². The van der Waals surface area contributed by atoms with E-state index in [-0.39, 0.29) is 62.9 Å². The second kappa shape index (κ2) is 16.8. The van der Waals surface area contributed by atoms with E-state index in [9.17, 15) is 9.59 Å². The Balaban J connectivity index is 1.62. The number of ketones is 2. The maximum atomic E-state index is 12.5. The zero-order valence-electron chi connectivity index (χ0n) is 22.1. The maximum Gasteiger partial charge on any atom is 0.217 e. The molecule has 2 aliphatic heterocycles. The second-order valence-electron chi connectivity index (χ2n) is 10.7. The molecular weight excluding hydrogens is 448 g/mol. The summed E-state index contributed by atoms with van der Waals surface area (Å²) in [6.45, 7) is 5.52. The van der Waals surface area contributed by atoms with E-state index in [2.05, 4.69) is 13.8 Å². The van der Waals surface area contributed by atoms with Crippen LogP contribution in [0.2, 0.25) is 0 Å². The Labute approximate surface area is 212 Å². The summed E-state index contributed by atoms with van der Waals surface area (Å²) >= 11 is 0. The zero-order valence-corrected chi connectivity index (χ0v) is 22.1. The lowest BCUT2D eigenvalue weighted by Gasteiger charge is -2.43. The van der Waals surface area contributed by atoms with Crippen molar-refractivity contribution in [2.45, 2.75) is 128 Å². The number of hydrogen-bond donors (Lipinski definition) is 2. The summed E-state index contributed by atoms with van der Waals surface area (Å²) in [6, 6.07) is -0.328. The summed E-state index contributed by atoms with van der Waals surface area (Å²) in [5.74, 6) is -0.231. The standard InChI is InChI=1S/C27H50N2O6/c1-3-5-7-9-11-13-21(28)15-23(30)25-32-17-27(18-33-25)19-34-26(35-20-27)24(31)16-22(29)14-12-10-8-6-4-2/h21-22,25-26H,3-20,28-29H2,1-2H3. The van der Waals surface area contributed by atoms with E-state index >= 15 is 0 Å². The number of Topliss-reactive ketones (excluding diaryl/α,β-unsaturated/α-hetero) is 2. The van der Waals surface area contributed by atoms with Crippen molar-refractivity contribution in [3.63, 3.8) is 0 Å². The Morgan fingerprint density at radius 2 is 1.00 bits per heavy atom. The summed E-state index contributed by atoms with van der Waals surface area (Å²) in [5, 5.41) is 0. The Bertz CT molecular complexity index is 545. The van der Waals surface area contributed by atoms with Crippen molar-refractivity contribution in [1.29, 1.82) is 0 Å². The number of hydrogen-bond acceptors (Lipinski definition) is 8. The average Bonchev–Trinajstić information content (AvgIpc) is 2.84. The van der Waals surface area contributed by atoms with Crippen molar-refractivity contribution >= 4 is 11.6 Å². The highest BCUT2D eigenvalue weighted by Gasteiger charge is 2.44. The predicted octanol–water partition coefficient (Wildman–Crippen LogP) is 4.01. The van der Waals surface area contributed by atoms with Crippen molar-refractivity contribution in [2.24, 2.45) is 16.9 Å². The molecular formula is C27H50N2O6. The first kappa shape index (κ1) is 30.3. The van der Waals surface area contributed by atoms with Crippen LogP contribution >= 0.6 is 0 Å². The molecule has 0 aromatic heterocycles. The van der Waals surface area contributed by atoms with E-state index < -0.39 is 18.0 Å². The fourth-order valence-electron chi connectivity index (χ4n) is 4.66. The second-order valence-corrected chi connectivity index (χ2v) is 10.7. The lowest BCUT2D eigenvalue weighted by Crippen LogP contribution is -2.55. The molecule has 8 heteroatoms. The van der Waals surface area contributed by atoms with Crippen molar-refractivity contribution < 1.29 is 28.5 Å². The van der Waals surface area contributed by atoms with Gasteiger partial charge in [-0.1, -0.05) is 78.1 Å². The van der Waals surface area contributed by atoms with Crippen molar-refractivity contribution in [3.8, 4) is 0 Å². The van der Waals surface area contributed by atoms with Gasteiger partial charge in [0.1, 0.15) is 0 Å². The van der Waals surface area contributed by atoms with Gasteiger partial charge in [0.05, 0.1) is 31.8 Å². The first-order chi connectivity index (χ1) is 16.9. The molecule has 0 amide bonds. The van der Waals surface area contributed by atoms with Gasteiger partial charge in [-0.05, 0) is 12.8 Å². The molecule has 0 aromatic rings. The van der Waals surface area contributed by atoms with Crippen LogP contribution in [0, 0.1) is 5.41 Å². The van der Waals surface area contributed by atoms with Crippen LogP contribution in [0.15, 0.2) is 0 Å². The predicted molar refractivity (Wildman–Crippen MR) is 136 cm³/mol. The number of unbranched alkanes of at least 4 members (excludes halogenated alkanes) is 8. The van der Waals surface area contributed by atoms with Gasteiger partial charge in [0.15, 0.2) is 11.6 Å². The lowest BCUT2D eigenvalue weighted by molar-refractivity contribution is -0.289. The smallest absolute Gasteiger partial charge is 0.217 e. The van der Waals surface area contributed by atoms with Crippen LogP contribution in [0.3, 0.4) is 0 Å². The van der Waals surface area contributed by atoms with Crippen LogP contribution < -0.4 is 11.5 Å². The Morgan fingerprint density at radius 3 is 1.34 bits per heavy atom. The molecule has 0 saturated carbocycles. The molecule has 0 bridgehead atoms. The van der Waals surface area contributed by atoms with Gasteiger partial charge >= 0.3 is 0 Å². The van der Waals surface area contributed by atoms with E-state index in [1.165, 1.54) is 38.5 Å². The van der Waals surface area contributed by atoms with Crippen LogP contribution in [0.5, 0.6) is 0 Å². The summed E-state index contributed by atoms with van der Waals surface area (Å²) in [5.41, 5.74) is 11.8. The Hall–Kier alpha value is -0.900. The van der Waals surface area contributed by atoms with Crippen LogP contribution in [-0.2, 0) is 28.5 Å². The van der Waals surface area contributed by atoms with Crippen LogP contribution in [0.4, 0.5) is 0 Å². The molecule has 1 spiro atoms. The van der Waals surface area contributed by atoms with E-state index in [1.54, 1.807) is 0 Å². The fourth-order valence-corrected chi connectivity index (χ4v) is 4.66. The number of carbonyl (C=O) groups is 2. The molecule has 8 nitrogen and oxygen atoms in total. The minimum absolute atomic E-state index is 0.115. The number of nitrogens with two attached hydrogens (primary N) is 2. The molecule has 2 aliphatic rings. The number of rotatable bonds is 18. The first-order valence-corrected chi connectivity index (χ1v) is 13.9. The third kappa shape index (κ3) is 11.4. The Kier molecular flexibility index (Phi) is 14.5. The minimum atomic E-state index is -0.888. The van der Waals surface area contributed by atoms with Crippen LogP contribution in [0.1, 0.15) is 104 Å². The highest BCUT2D eigenvalue weighted by atomic mass is 16.7. The van der Waals surface area contributed by atoms with E-state index in [4.69, 9.17) is 30.4 Å². The zero-order chi connectivity index (χ0) is 25.5. The largest absolute Gasteiger partial charge is 0.345 e. The molecule has 0 aromatic carbocycles. The van der Waals surface area contributed by atoms with Gasteiger partial charge in [-0.3, -0.25) is 9.59 Å². The molecule has 35 heavy (non-hydrogen) atoms. The fraction of sp³-hybridized carbons (Fsp3) is 0.926. The van der Waals surface area contributed by atoms with Gasteiger partial charge in [-0.2, -0.15) is 0 Å². The molecule has 0 aliphatic carbocycles.